The van der Waals surface area contributed by atoms with Crippen LogP contribution in [0.5, 0.6) is 0 Å². The van der Waals surface area contributed by atoms with Crippen LogP contribution in [0.1, 0.15) is 25.3 Å². The molecule has 0 radical (unpaired) electrons. The smallest absolute Gasteiger partial charge is 0.317 e. The van der Waals surface area contributed by atoms with Crippen molar-refractivity contribution in [3.63, 3.8) is 0 Å². The number of benzene rings is 1. The molecule has 1 saturated heterocycles. The number of rotatable bonds is 7. The van der Waals surface area contributed by atoms with Crippen molar-refractivity contribution in [2.45, 2.75) is 31.2 Å². The van der Waals surface area contributed by atoms with Crippen LogP contribution in [0.25, 0.3) is 0 Å². The molecule has 1 aliphatic rings. The molecule has 0 bridgehead atoms. The summed E-state index contributed by atoms with van der Waals surface area (Å²) in [5, 5.41) is 11.6. The van der Waals surface area contributed by atoms with Crippen LogP contribution in [0.3, 0.4) is 0 Å². The molecule has 26 heavy (non-hydrogen) atoms. The molecule has 0 spiro atoms. The number of aliphatic carboxylic acids is 1. The van der Waals surface area contributed by atoms with E-state index in [1.165, 1.54) is 23.2 Å². The summed E-state index contributed by atoms with van der Waals surface area (Å²) in [6, 6.07) is 6.05. The standard InChI is InChI=1S/C17H25N3O5S/c1-13(16(21)22)12-19(2)17(23)18-11-14-5-7-15(8-6-14)26(24,25)20-9-3-4-10-20/h5-8,13H,3-4,9-12H2,1-2H3,(H,18,23)(H,21,22). The third-order valence-electron chi connectivity index (χ3n) is 4.39. The largest absolute Gasteiger partial charge is 0.481 e. The lowest BCUT2D eigenvalue weighted by Gasteiger charge is -2.20. The Balaban J connectivity index is 1.91. The second-order valence-electron chi connectivity index (χ2n) is 6.53. The zero-order chi connectivity index (χ0) is 19.3. The van der Waals surface area contributed by atoms with Crippen molar-refractivity contribution in [2.24, 2.45) is 5.92 Å². The molecule has 0 aliphatic carbocycles. The summed E-state index contributed by atoms with van der Waals surface area (Å²) >= 11 is 0. The number of carboxylic acid groups (broad SMARTS) is 1. The van der Waals surface area contributed by atoms with Crippen LogP contribution < -0.4 is 5.32 Å². The molecule has 1 aromatic rings. The summed E-state index contributed by atoms with van der Waals surface area (Å²) in [5.74, 6) is -1.61. The predicted molar refractivity (Wildman–Crippen MR) is 96.1 cm³/mol. The Labute approximate surface area is 153 Å². The monoisotopic (exact) mass is 383 g/mol. The fourth-order valence-electron chi connectivity index (χ4n) is 2.74. The lowest BCUT2D eigenvalue weighted by atomic mass is 10.2. The SMILES string of the molecule is CC(CN(C)C(=O)NCc1ccc(S(=O)(=O)N2CCCC2)cc1)C(=O)O. The number of carbonyl (C=O) groups excluding carboxylic acids is 1. The lowest BCUT2D eigenvalue weighted by Crippen LogP contribution is -2.40. The highest BCUT2D eigenvalue weighted by molar-refractivity contribution is 7.89. The summed E-state index contributed by atoms with van der Waals surface area (Å²) in [6.45, 7) is 2.98. The van der Waals surface area contributed by atoms with E-state index in [0.717, 1.165) is 18.4 Å². The number of nitrogens with zero attached hydrogens (tertiary/aromatic N) is 2. The van der Waals surface area contributed by atoms with Gasteiger partial charge in [-0.05, 0) is 30.5 Å². The molecule has 1 aliphatic heterocycles. The maximum Gasteiger partial charge on any atom is 0.317 e. The topological polar surface area (TPSA) is 107 Å². The second kappa shape index (κ2) is 8.50. The van der Waals surface area contributed by atoms with E-state index in [0.29, 0.717) is 13.1 Å². The van der Waals surface area contributed by atoms with E-state index in [-0.39, 0.29) is 24.0 Å². The van der Waals surface area contributed by atoms with Crippen molar-refractivity contribution in [3.8, 4) is 0 Å². The van der Waals surface area contributed by atoms with Crippen molar-refractivity contribution in [3.05, 3.63) is 29.8 Å². The van der Waals surface area contributed by atoms with Crippen LogP contribution >= 0.6 is 0 Å². The molecule has 2 amide bonds. The van der Waals surface area contributed by atoms with Gasteiger partial charge < -0.3 is 15.3 Å². The van der Waals surface area contributed by atoms with Crippen LogP contribution in [-0.2, 0) is 21.4 Å². The van der Waals surface area contributed by atoms with Crippen molar-refractivity contribution >= 4 is 22.0 Å². The average Bonchev–Trinajstić information content (AvgIpc) is 3.15. The first-order valence-corrected chi connectivity index (χ1v) is 9.96. The number of carboxylic acids is 1. The van der Waals surface area contributed by atoms with Crippen LogP contribution in [0.2, 0.25) is 0 Å². The van der Waals surface area contributed by atoms with Crippen molar-refractivity contribution in [1.29, 1.82) is 0 Å². The first-order chi connectivity index (χ1) is 12.2. The Morgan fingerprint density at radius 2 is 1.81 bits per heavy atom. The van der Waals surface area contributed by atoms with Gasteiger partial charge in [0.25, 0.3) is 0 Å². The molecular formula is C17H25N3O5S. The van der Waals surface area contributed by atoms with Crippen molar-refractivity contribution in [1.82, 2.24) is 14.5 Å². The van der Waals surface area contributed by atoms with E-state index in [1.54, 1.807) is 24.3 Å². The Kier molecular flexibility index (Phi) is 6.60. The molecule has 9 heteroatoms. The van der Waals surface area contributed by atoms with Gasteiger partial charge in [-0.3, -0.25) is 4.79 Å². The molecule has 0 saturated carbocycles. The molecule has 1 unspecified atom stereocenters. The third kappa shape index (κ3) is 4.95. The van der Waals surface area contributed by atoms with Crippen LogP contribution in [0.15, 0.2) is 29.2 Å². The normalized spacial score (nSPS) is 16.2. The van der Waals surface area contributed by atoms with Gasteiger partial charge in [-0.15, -0.1) is 0 Å². The zero-order valence-electron chi connectivity index (χ0n) is 15.0. The van der Waals surface area contributed by atoms with Crippen molar-refractivity contribution in [2.75, 3.05) is 26.7 Å². The first kappa shape index (κ1) is 20.2. The fourth-order valence-corrected chi connectivity index (χ4v) is 4.26. The molecule has 1 fully saturated rings. The van der Waals surface area contributed by atoms with Gasteiger partial charge in [-0.2, -0.15) is 4.31 Å². The molecule has 1 aromatic carbocycles. The Bertz CT molecular complexity index is 742. The molecule has 0 aromatic heterocycles. The molecule has 1 heterocycles. The highest BCUT2D eigenvalue weighted by Gasteiger charge is 2.26. The lowest BCUT2D eigenvalue weighted by molar-refractivity contribution is -0.141. The summed E-state index contributed by atoms with van der Waals surface area (Å²) < 4.78 is 26.4. The maximum absolute atomic E-state index is 12.5. The number of amides is 2. The molecule has 144 valence electrons. The minimum atomic E-state index is -3.44. The Morgan fingerprint density at radius 1 is 1.23 bits per heavy atom. The van der Waals surface area contributed by atoms with Crippen LogP contribution in [0.4, 0.5) is 4.79 Å². The van der Waals surface area contributed by atoms with E-state index in [4.69, 9.17) is 5.11 Å². The quantitative estimate of drug-likeness (QED) is 0.739. The molecular weight excluding hydrogens is 358 g/mol. The second-order valence-corrected chi connectivity index (χ2v) is 8.47. The molecule has 1 atom stereocenters. The number of sulfonamides is 1. The van der Waals surface area contributed by atoms with E-state index < -0.39 is 21.9 Å². The number of carbonyl (C=O) groups is 2. The summed E-state index contributed by atoms with van der Waals surface area (Å²) in [6.07, 6.45) is 1.77. The zero-order valence-corrected chi connectivity index (χ0v) is 15.8. The number of hydrogen-bond acceptors (Lipinski definition) is 4. The minimum absolute atomic E-state index is 0.105. The van der Waals surface area contributed by atoms with Gasteiger partial charge in [0, 0.05) is 33.2 Å². The first-order valence-electron chi connectivity index (χ1n) is 8.52. The third-order valence-corrected chi connectivity index (χ3v) is 6.30. The van der Waals surface area contributed by atoms with Gasteiger partial charge in [0.2, 0.25) is 10.0 Å². The van der Waals surface area contributed by atoms with Gasteiger partial charge >= 0.3 is 12.0 Å². The van der Waals surface area contributed by atoms with E-state index in [1.807, 2.05) is 0 Å². The highest BCUT2D eigenvalue weighted by atomic mass is 32.2. The van der Waals surface area contributed by atoms with E-state index in [2.05, 4.69) is 5.32 Å². The van der Waals surface area contributed by atoms with E-state index >= 15 is 0 Å². The molecule has 8 nitrogen and oxygen atoms in total. The van der Waals surface area contributed by atoms with Gasteiger partial charge in [-0.1, -0.05) is 19.1 Å². The number of nitrogens with one attached hydrogen (secondary N) is 1. The van der Waals surface area contributed by atoms with Crippen molar-refractivity contribution < 1.29 is 23.1 Å². The summed E-state index contributed by atoms with van der Waals surface area (Å²) in [4.78, 5) is 24.4. The maximum atomic E-state index is 12.5. The minimum Gasteiger partial charge on any atom is -0.481 e. The fraction of sp³-hybridized carbons (Fsp3) is 0.529. The van der Waals surface area contributed by atoms with Crippen LogP contribution in [0, 0.1) is 5.92 Å². The van der Waals surface area contributed by atoms with Gasteiger partial charge in [-0.25, -0.2) is 13.2 Å². The van der Waals surface area contributed by atoms with Gasteiger partial charge in [0.05, 0.1) is 10.8 Å². The molecule has 2 N–H and O–H groups in total. The number of urea groups is 1. The average molecular weight is 383 g/mol. The predicted octanol–water partition coefficient (Wildman–Crippen LogP) is 1.33. The Morgan fingerprint density at radius 3 is 2.35 bits per heavy atom. The van der Waals surface area contributed by atoms with E-state index in [9.17, 15) is 18.0 Å². The van der Waals surface area contributed by atoms with Gasteiger partial charge in [0.1, 0.15) is 0 Å². The Hall–Kier alpha value is -2.13. The number of hydrogen-bond donors (Lipinski definition) is 2. The van der Waals surface area contributed by atoms with Gasteiger partial charge in [0.15, 0.2) is 0 Å². The van der Waals surface area contributed by atoms with Crippen LogP contribution in [-0.4, -0.2) is 61.4 Å². The molecule has 2 rings (SSSR count). The summed E-state index contributed by atoms with van der Waals surface area (Å²) in [7, 11) is -1.91. The summed E-state index contributed by atoms with van der Waals surface area (Å²) in [5.41, 5.74) is 0.762. The highest BCUT2D eigenvalue weighted by Crippen LogP contribution is 2.21.